The lowest BCUT2D eigenvalue weighted by Gasteiger charge is -2.22. The van der Waals surface area contributed by atoms with Crippen LogP contribution in [0.4, 0.5) is 0 Å². The molecule has 0 spiro atoms. The molecule has 6 rings (SSSR count). The maximum Gasteiger partial charge on any atom is 0.143 e. The van der Waals surface area contributed by atoms with Crippen molar-refractivity contribution in [2.75, 3.05) is 0 Å². The van der Waals surface area contributed by atoms with Gasteiger partial charge in [0.1, 0.15) is 11.2 Å². The highest BCUT2D eigenvalue weighted by Crippen LogP contribution is 2.40. The van der Waals surface area contributed by atoms with Crippen LogP contribution in [0.25, 0.3) is 54.9 Å². The van der Waals surface area contributed by atoms with E-state index < -0.39 is 0 Å². The molecule has 2 aromatic heterocycles. The van der Waals surface area contributed by atoms with Gasteiger partial charge in [0.05, 0.1) is 11.6 Å². The van der Waals surface area contributed by atoms with E-state index in [0.29, 0.717) is 5.92 Å². The Labute approximate surface area is 199 Å². The molecule has 0 bridgehead atoms. The summed E-state index contributed by atoms with van der Waals surface area (Å²) < 4.78 is 8.83. The molecule has 6 aromatic rings. The first-order chi connectivity index (χ1) is 16.7. The Kier molecular flexibility index (Phi) is 4.88. The van der Waals surface area contributed by atoms with Gasteiger partial charge in [-0.3, -0.25) is 0 Å². The van der Waals surface area contributed by atoms with Crippen molar-refractivity contribution in [1.29, 1.82) is 0 Å². The number of hydrogen-bond donors (Lipinski definition) is 0. The zero-order valence-corrected chi connectivity index (χ0v) is 19.5. The summed E-state index contributed by atoms with van der Waals surface area (Å²) >= 11 is 0. The van der Waals surface area contributed by atoms with Crippen molar-refractivity contribution in [2.24, 2.45) is 5.92 Å². The van der Waals surface area contributed by atoms with E-state index in [1.54, 1.807) is 0 Å². The Morgan fingerprint density at radius 2 is 1.50 bits per heavy atom. The lowest BCUT2D eigenvalue weighted by Crippen LogP contribution is -2.12. The van der Waals surface area contributed by atoms with Gasteiger partial charge in [-0.25, -0.2) is 0 Å². The number of rotatable bonds is 5. The first-order valence-electron chi connectivity index (χ1n) is 11.9. The van der Waals surface area contributed by atoms with Gasteiger partial charge in [0, 0.05) is 32.6 Å². The highest BCUT2D eigenvalue weighted by atomic mass is 16.3. The van der Waals surface area contributed by atoms with Crippen LogP contribution < -0.4 is 0 Å². The Morgan fingerprint density at radius 1 is 0.765 bits per heavy atom. The molecule has 1 unspecified atom stereocenters. The molecule has 2 heterocycles. The van der Waals surface area contributed by atoms with Gasteiger partial charge in [0.2, 0.25) is 0 Å². The summed E-state index contributed by atoms with van der Waals surface area (Å²) in [5.74, 6) is 0.428. The number of furan rings is 1. The Morgan fingerprint density at radius 3 is 2.32 bits per heavy atom. The molecular weight excluding hydrogens is 414 g/mol. The Balaban J connectivity index is 1.66. The van der Waals surface area contributed by atoms with E-state index in [-0.39, 0.29) is 6.04 Å². The molecule has 0 N–H and O–H groups in total. The standard InChI is InChI=1S/C32H27NO/c1-4-5-15-28(21(2)3)33-29-16-8-6-11-24(29)25-19-18-22(20-30(25)33)23-13-10-14-27-26-12-7-9-17-31(26)34-32(23)27/h4-21,28H,1H2,2-3H3/b15-5-. The Hall–Kier alpha value is -4.04. The van der Waals surface area contributed by atoms with Crippen LogP contribution in [0.15, 0.2) is 114 Å². The molecule has 0 fully saturated rings. The van der Waals surface area contributed by atoms with Crippen molar-refractivity contribution in [1.82, 2.24) is 4.57 Å². The fraction of sp³-hybridized carbons (Fsp3) is 0.125. The minimum atomic E-state index is 0.220. The van der Waals surface area contributed by atoms with E-state index in [1.807, 2.05) is 18.2 Å². The quantitative estimate of drug-likeness (QED) is 0.244. The molecule has 1 atom stereocenters. The van der Waals surface area contributed by atoms with Gasteiger partial charge >= 0.3 is 0 Å². The highest BCUT2D eigenvalue weighted by Gasteiger charge is 2.20. The van der Waals surface area contributed by atoms with Crippen molar-refractivity contribution >= 4 is 43.7 Å². The molecule has 2 nitrogen and oxygen atoms in total. The number of allylic oxidation sites excluding steroid dienone is 3. The molecule has 4 aromatic carbocycles. The number of aromatic nitrogens is 1. The monoisotopic (exact) mass is 441 g/mol. The number of nitrogens with zero attached hydrogens (tertiary/aromatic N) is 1. The summed E-state index contributed by atoms with van der Waals surface area (Å²) in [7, 11) is 0. The molecule has 0 saturated carbocycles. The van der Waals surface area contributed by atoms with Gasteiger partial charge < -0.3 is 8.98 Å². The minimum absolute atomic E-state index is 0.220. The largest absolute Gasteiger partial charge is 0.455 e. The Bertz CT molecular complexity index is 1710. The summed E-state index contributed by atoms with van der Waals surface area (Å²) in [6.45, 7) is 8.44. The van der Waals surface area contributed by atoms with E-state index in [4.69, 9.17) is 4.42 Å². The zero-order chi connectivity index (χ0) is 23.2. The molecule has 34 heavy (non-hydrogen) atoms. The van der Waals surface area contributed by atoms with Crippen LogP contribution in [0.5, 0.6) is 0 Å². The lowest BCUT2D eigenvalue weighted by atomic mass is 10.00. The molecule has 0 aliphatic rings. The van der Waals surface area contributed by atoms with Crippen LogP contribution in [0, 0.1) is 5.92 Å². The van der Waals surface area contributed by atoms with Gasteiger partial charge in [0.15, 0.2) is 0 Å². The van der Waals surface area contributed by atoms with Crippen LogP contribution in [0.3, 0.4) is 0 Å². The third-order valence-electron chi connectivity index (χ3n) is 6.85. The van der Waals surface area contributed by atoms with Crippen LogP contribution >= 0.6 is 0 Å². The molecule has 0 amide bonds. The van der Waals surface area contributed by atoms with Crippen molar-refractivity contribution in [3.05, 3.63) is 110 Å². The van der Waals surface area contributed by atoms with Gasteiger partial charge in [-0.1, -0.05) is 105 Å². The number of hydrogen-bond acceptors (Lipinski definition) is 1. The van der Waals surface area contributed by atoms with Gasteiger partial charge in [-0.05, 0) is 29.7 Å². The fourth-order valence-electron chi connectivity index (χ4n) is 5.26. The zero-order valence-electron chi connectivity index (χ0n) is 19.5. The summed E-state index contributed by atoms with van der Waals surface area (Å²) in [5, 5.41) is 4.86. The number of fused-ring (bicyclic) bond motifs is 6. The summed E-state index contributed by atoms with van der Waals surface area (Å²) in [5.41, 5.74) is 6.64. The number of para-hydroxylation sites is 3. The molecular formula is C32H27NO. The second kappa shape index (κ2) is 8.07. The maximum atomic E-state index is 6.35. The maximum absolute atomic E-state index is 6.35. The van der Waals surface area contributed by atoms with Crippen molar-refractivity contribution in [3.8, 4) is 11.1 Å². The first-order valence-corrected chi connectivity index (χ1v) is 11.9. The van der Waals surface area contributed by atoms with Crippen LogP contribution in [-0.2, 0) is 0 Å². The number of benzene rings is 4. The lowest BCUT2D eigenvalue weighted by molar-refractivity contribution is 0.471. The van der Waals surface area contributed by atoms with Crippen LogP contribution in [-0.4, -0.2) is 4.57 Å². The predicted octanol–water partition coefficient (Wildman–Crippen LogP) is 9.30. The normalized spacial score (nSPS) is 13.1. The van der Waals surface area contributed by atoms with Crippen molar-refractivity contribution < 1.29 is 4.42 Å². The predicted molar refractivity (Wildman–Crippen MR) is 145 cm³/mol. The van der Waals surface area contributed by atoms with E-state index in [2.05, 4.69) is 110 Å². The van der Waals surface area contributed by atoms with E-state index >= 15 is 0 Å². The van der Waals surface area contributed by atoms with Crippen LogP contribution in [0.2, 0.25) is 0 Å². The average molecular weight is 442 g/mol. The second-order valence-electron chi connectivity index (χ2n) is 9.25. The van der Waals surface area contributed by atoms with Gasteiger partial charge in [0.25, 0.3) is 0 Å². The summed E-state index contributed by atoms with van der Waals surface area (Å²) in [4.78, 5) is 0. The molecule has 0 radical (unpaired) electrons. The van der Waals surface area contributed by atoms with Crippen LogP contribution in [0.1, 0.15) is 19.9 Å². The molecule has 166 valence electrons. The third-order valence-corrected chi connectivity index (χ3v) is 6.85. The average Bonchev–Trinajstić information content (AvgIpc) is 3.40. The topological polar surface area (TPSA) is 18.1 Å². The summed E-state index contributed by atoms with van der Waals surface area (Å²) in [6.07, 6.45) is 6.18. The third kappa shape index (κ3) is 3.10. The smallest absolute Gasteiger partial charge is 0.143 e. The molecule has 0 saturated heterocycles. The van der Waals surface area contributed by atoms with Crippen molar-refractivity contribution in [3.63, 3.8) is 0 Å². The van der Waals surface area contributed by atoms with Crippen molar-refractivity contribution in [2.45, 2.75) is 19.9 Å². The molecule has 0 aliphatic carbocycles. The SMILES string of the molecule is C=C/C=C\C(C(C)C)n1c2ccccc2c2ccc(-c3cccc4c3oc3ccccc34)cc21. The highest BCUT2D eigenvalue weighted by molar-refractivity contribution is 6.12. The molecule has 0 aliphatic heterocycles. The van der Waals surface area contributed by atoms with Gasteiger partial charge in [-0.15, -0.1) is 0 Å². The first kappa shape index (κ1) is 20.6. The fourth-order valence-corrected chi connectivity index (χ4v) is 5.26. The van der Waals surface area contributed by atoms with E-state index in [9.17, 15) is 0 Å². The molecule has 2 heteroatoms. The van der Waals surface area contributed by atoms with Gasteiger partial charge in [-0.2, -0.15) is 0 Å². The second-order valence-corrected chi connectivity index (χ2v) is 9.25. The minimum Gasteiger partial charge on any atom is -0.455 e. The van der Waals surface area contributed by atoms with E-state index in [1.165, 1.54) is 21.8 Å². The van der Waals surface area contributed by atoms with E-state index in [0.717, 1.165) is 33.1 Å². The summed E-state index contributed by atoms with van der Waals surface area (Å²) in [6, 6.07) is 30.4.